The van der Waals surface area contributed by atoms with E-state index in [4.69, 9.17) is 23.8 Å². The first-order chi connectivity index (χ1) is 17.9. The molecular weight excluding hydrogens is 524 g/mol. The number of halogens is 1. The van der Waals surface area contributed by atoms with Gasteiger partial charge in [0.2, 0.25) is 0 Å². The first-order valence-electron chi connectivity index (χ1n) is 12.5. The van der Waals surface area contributed by atoms with Crippen molar-refractivity contribution in [1.82, 2.24) is 14.4 Å². The Morgan fingerprint density at radius 1 is 0.973 bits per heavy atom. The number of rotatable bonds is 6. The Bertz CT molecular complexity index is 1460. The number of likely N-dealkylation sites (N-methyl/N-ethyl adjacent to an activating group) is 1. The maximum Gasteiger partial charge on any atom is 0.266 e. The van der Waals surface area contributed by atoms with Crippen LogP contribution >= 0.6 is 35.6 Å². The molecule has 0 radical (unpaired) electrons. The second-order valence-corrected chi connectivity index (χ2v) is 11.2. The molecule has 0 atom stereocenters. The first-order valence-corrected chi connectivity index (χ1v) is 14.1. The van der Waals surface area contributed by atoms with Gasteiger partial charge in [-0.2, -0.15) is 0 Å². The van der Waals surface area contributed by atoms with E-state index < -0.39 is 0 Å². The zero-order valence-electron chi connectivity index (χ0n) is 20.9. The highest BCUT2D eigenvalue weighted by Crippen LogP contribution is 2.37. The summed E-state index contributed by atoms with van der Waals surface area (Å²) in [6.45, 7) is 9.49. The number of thiocarbonyl (C=S) groups is 1. The molecule has 0 unspecified atom stereocenters. The zero-order valence-corrected chi connectivity index (χ0v) is 23.3. The topological polar surface area (TPSA) is 48.8 Å². The van der Waals surface area contributed by atoms with E-state index in [2.05, 4.69) is 22.8 Å². The molecule has 2 aliphatic rings. The predicted molar refractivity (Wildman–Crippen MR) is 158 cm³/mol. The van der Waals surface area contributed by atoms with E-state index in [1.165, 1.54) is 11.8 Å². The Kier molecular flexibility index (Phi) is 7.72. The van der Waals surface area contributed by atoms with E-state index in [1.807, 2.05) is 43.3 Å². The number of benzene rings is 2. The van der Waals surface area contributed by atoms with E-state index in [1.54, 1.807) is 21.6 Å². The molecule has 192 valence electrons. The van der Waals surface area contributed by atoms with Crippen molar-refractivity contribution < 1.29 is 4.79 Å². The van der Waals surface area contributed by atoms with E-state index in [9.17, 15) is 9.59 Å². The van der Waals surface area contributed by atoms with Gasteiger partial charge in [-0.25, -0.2) is 0 Å². The lowest BCUT2D eigenvalue weighted by Crippen LogP contribution is -2.47. The number of aryl methyl sites for hydroxylation is 1. The summed E-state index contributed by atoms with van der Waals surface area (Å²) in [5.41, 5.74) is 3.09. The van der Waals surface area contributed by atoms with Crippen molar-refractivity contribution in [3.8, 4) is 0 Å². The molecule has 2 saturated heterocycles. The molecule has 0 spiro atoms. The van der Waals surface area contributed by atoms with Gasteiger partial charge in [0.05, 0.1) is 28.2 Å². The van der Waals surface area contributed by atoms with Crippen LogP contribution in [0, 0.1) is 0 Å². The van der Waals surface area contributed by atoms with E-state index in [0.29, 0.717) is 32.9 Å². The van der Waals surface area contributed by atoms with Crippen molar-refractivity contribution in [2.75, 3.05) is 37.6 Å². The van der Waals surface area contributed by atoms with Gasteiger partial charge in [0.25, 0.3) is 11.5 Å². The summed E-state index contributed by atoms with van der Waals surface area (Å²) >= 11 is 13.2. The van der Waals surface area contributed by atoms with Gasteiger partial charge in [0, 0.05) is 43.1 Å². The van der Waals surface area contributed by atoms with Crippen LogP contribution in [-0.4, -0.2) is 57.3 Å². The molecule has 3 heterocycles. The summed E-state index contributed by atoms with van der Waals surface area (Å²) in [5.74, 6) is -0.202. The third kappa shape index (κ3) is 4.95. The number of para-hydroxylation sites is 1. The van der Waals surface area contributed by atoms with Crippen LogP contribution in [-0.2, 0) is 17.9 Å². The standard InChI is InChI=1S/C28H29ClN4O2S2/c1-3-30-13-15-31(16-14-30)25-20-10-6-8-12-23(20)32(4-2)26(34)21(25)17-24-27(35)33(28(36)37-24)18-19-9-5-7-11-22(19)29/h5-12,17H,3-4,13-16,18H2,1-2H3. The fourth-order valence-corrected chi connectivity index (χ4v) is 6.48. The molecule has 0 bridgehead atoms. The van der Waals surface area contributed by atoms with Crippen molar-refractivity contribution in [2.24, 2.45) is 0 Å². The molecule has 1 amide bonds. The van der Waals surface area contributed by atoms with Gasteiger partial charge in [-0.15, -0.1) is 0 Å². The molecule has 0 aliphatic carbocycles. The minimum atomic E-state index is -0.202. The number of nitrogens with zero attached hydrogens (tertiary/aromatic N) is 4. The summed E-state index contributed by atoms with van der Waals surface area (Å²) in [4.78, 5) is 34.1. The lowest BCUT2D eigenvalue weighted by atomic mass is 10.0. The number of piperazine rings is 1. The van der Waals surface area contributed by atoms with Crippen LogP contribution in [0.15, 0.2) is 58.2 Å². The lowest BCUT2D eigenvalue weighted by Gasteiger charge is -2.37. The molecule has 3 aromatic rings. The fraction of sp³-hybridized carbons (Fsp3) is 0.321. The first kappa shape index (κ1) is 26.0. The second kappa shape index (κ2) is 11.0. The molecule has 1 aromatic heterocycles. The molecule has 37 heavy (non-hydrogen) atoms. The summed E-state index contributed by atoms with van der Waals surface area (Å²) < 4.78 is 2.25. The SMILES string of the molecule is CCN1CCN(c2c(C=C3SC(=S)N(Cc4ccccc4Cl)C3=O)c(=O)n(CC)c3ccccc23)CC1. The Hall–Kier alpha value is -2.65. The van der Waals surface area contributed by atoms with Crippen molar-refractivity contribution in [3.05, 3.63) is 79.9 Å². The van der Waals surface area contributed by atoms with Crippen LogP contribution < -0.4 is 10.5 Å². The molecule has 9 heteroatoms. The van der Waals surface area contributed by atoms with Gasteiger partial charge in [-0.1, -0.05) is 78.9 Å². The van der Waals surface area contributed by atoms with Crippen LogP contribution in [0.1, 0.15) is 25.0 Å². The number of hydrogen-bond donors (Lipinski definition) is 0. The number of carbonyl (C=O) groups is 1. The summed E-state index contributed by atoms with van der Waals surface area (Å²) in [5, 5.41) is 1.61. The van der Waals surface area contributed by atoms with Crippen LogP contribution in [0.3, 0.4) is 0 Å². The minimum Gasteiger partial charge on any atom is -0.368 e. The van der Waals surface area contributed by atoms with Gasteiger partial charge < -0.3 is 14.4 Å². The fourth-order valence-electron chi connectivity index (χ4n) is 5.05. The normalized spacial score (nSPS) is 18.0. The van der Waals surface area contributed by atoms with Crippen molar-refractivity contribution in [3.63, 3.8) is 0 Å². The predicted octanol–water partition coefficient (Wildman–Crippen LogP) is 5.22. The lowest BCUT2D eigenvalue weighted by molar-refractivity contribution is -0.122. The average molecular weight is 553 g/mol. The van der Waals surface area contributed by atoms with Crippen LogP contribution in [0.5, 0.6) is 0 Å². The number of fused-ring (bicyclic) bond motifs is 1. The van der Waals surface area contributed by atoms with Crippen molar-refractivity contribution in [1.29, 1.82) is 0 Å². The number of anilines is 1. The van der Waals surface area contributed by atoms with E-state index in [-0.39, 0.29) is 11.5 Å². The van der Waals surface area contributed by atoms with Gasteiger partial charge in [0.1, 0.15) is 4.32 Å². The maximum absolute atomic E-state index is 13.9. The van der Waals surface area contributed by atoms with Crippen molar-refractivity contribution >= 4 is 68.5 Å². The zero-order chi connectivity index (χ0) is 26.1. The Labute approximate surface area is 231 Å². The number of hydrogen-bond acceptors (Lipinski definition) is 6. The smallest absolute Gasteiger partial charge is 0.266 e. The van der Waals surface area contributed by atoms with E-state index in [0.717, 1.165) is 54.9 Å². The third-order valence-electron chi connectivity index (χ3n) is 7.07. The monoisotopic (exact) mass is 552 g/mol. The summed E-state index contributed by atoms with van der Waals surface area (Å²) in [6.07, 6.45) is 1.76. The number of carbonyl (C=O) groups excluding carboxylic acids is 1. The maximum atomic E-state index is 13.9. The average Bonchev–Trinajstić information content (AvgIpc) is 3.18. The molecular formula is C28H29ClN4O2S2. The second-order valence-electron chi connectivity index (χ2n) is 9.11. The Morgan fingerprint density at radius 3 is 2.38 bits per heavy atom. The highest BCUT2D eigenvalue weighted by Gasteiger charge is 2.33. The Morgan fingerprint density at radius 2 is 1.68 bits per heavy atom. The van der Waals surface area contributed by atoms with Crippen LogP contribution in [0.2, 0.25) is 5.02 Å². The summed E-state index contributed by atoms with van der Waals surface area (Å²) in [6, 6.07) is 15.5. The Balaban J connectivity index is 1.60. The minimum absolute atomic E-state index is 0.0921. The van der Waals surface area contributed by atoms with Gasteiger partial charge >= 0.3 is 0 Å². The molecule has 5 rings (SSSR count). The van der Waals surface area contributed by atoms with Crippen LogP contribution in [0.4, 0.5) is 5.69 Å². The summed E-state index contributed by atoms with van der Waals surface area (Å²) in [7, 11) is 0. The number of thioether (sulfide) groups is 1. The highest BCUT2D eigenvalue weighted by atomic mass is 35.5. The third-order valence-corrected chi connectivity index (χ3v) is 8.81. The number of pyridine rings is 1. The highest BCUT2D eigenvalue weighted by molar-refractivity contribution is 8.26. The molecule has 2 fully saturated rings. The number of aromatic nitrogens is 1. The largest absolute Gasteiger partial charge is 0.368 e. The quantitative estimate of drug-likeness (QED) is 0.309. The van der Waals surface area contributed by atoms with Crippen LogP contribution in [0.25, 0.3) is 17.0 Å². The molecule has 2 aliphatic heterocycles. The van der Waals surface area contributed by atoms with E-state index >= 15 is 0 Å². The van der Waals surface area contributed by atoms with Gasteiger partial charge in [-0.05, 0) is 37.2 Å². The number of amides is 1. The molecule has 0 saturated carbocycles. The van der Waals surface area contributed by atoms with Crippen molar-refractivity contribution in [2.45, 2.75) is 26.9 Å². The molecule has 6 nitrogen and oxygen atoms in total. The van der Waals surface area contributed by atoms with Gasteiger partial charge in [0.15, 0.2) is 0 Å². The van der Waals surface area contributed by atoms with Gasteiger partial charge in [-0.3, -0.25) is 14.5 Å². The molecule has 0 N–H and O–H groups in total. The molecule has 2 aromatic carbocycles.